The second-order valence-corrected chi connectivity index (χ2v) is 6.16. The quantitative estimate of drug-likeness (QED) is 0.755. The lowest BCUT2D eigenvalue weighted by atomic mass is 9.70. The van der Waals surface area contributed by atoms with Crippen molar-refractivity contribution in [3.05, 3.63) is 0 Å². The molecule has 2 nitrogen and oxygen atoms in total. The Morgan fingerprint density at radius 1 is 1.40 bits per heavy atom. The van der Waals surface area contributed by atoms with Crippen LogP contribution in [0.2, 0.25) is 0 Å². The van der Waals surface area contributed by atoms with Gasteiger partial charge in [0.25, 0.3) is 0 Å². The Morgan fingerprint density at radius 3 is 2.27 bits per heavy atom. The van der Waals surface area contributed by atoms with Crippen molar-refractivity contribution >= 4 is 15.9 Å². The molecule has 0 aromatic rings. The first kappa shape index (κ1) is 13.5. The topological polar surface area (TPSA) is 23.5 Å². The Bertz CT molecular complexity index is 191. The summed E-state index contributed by atoms with van der Waals surface area (Å²) in [5.41, 5.74) is -0.0888. The Kier molecular flexibility index (Phi) is 4.63. The van der Waals surface area contributed by atoms with Crippen molar-refractivity contribution in [2.24, 2.45) is 5.41 Å². The van der Waals surface area contributed by atoms with E-state index in [0.29, 0.717) is 5.41 Å². The van der Waals surface area contributed by atoms with Crippen LogP contribution in [0.25, 0.3) is 0 Å². The van der Waals surface area contributed by atoms with Crippen molar-refractivity contribution < 1.29 is 5.11 Å². The Morgan fingerprint density at radius 2 is 2.00 bits per heavy atom. The molecule has 15 heavy (non-hydrogen) atoms. The molecule has 0 atom stereocenters. The van der Waals surface area contributed by atoms with Gasteiger partial charge < -0.3 is 10.0 Å². The van der Waals surface area contributed by atoms with Crippen LogP contribution in [0.3, 0.4) is 0 Å². The fraction of sp³-hybridized carbons (Fsp3) is 1.00. The molecule has 0 aromatic carbocycles. The molecule has 0 spiro atoms. The lowest BCUT2D eigenvalue weighted by Gasteiger charge is -2.45. The molecule has 0 bridgehead atoms. The van der Waals surface area contributed by atoms with Crippen molar-refractivity contribution in [1.82, 2.24) is 4.90 Å². The SMILES string of the molecule is CCN(CC(C)(C)O)CC1(CBr)CCC1. The molecule has 90 valence electrons. The number of alkyl halides is 1. The fourth-order valence-electron chi connectivity index (χ4n) is 2.31. The predicted octanol–water partition coefficient (Wildman–Crippen LogP) is 2.64. The zero-order valence-corrected chi connectivity index (χ0v) is 11.8. The molecule has 0 aromatic heterocycles. The van der Waals surface area contributed by atoms with Gasteiger partial charge >= 0.3 is 0 Å². The summed E-state index contributed by atoms with van der Waals surface area (Å²) < 4.78 is 0. The minimum Gasteiger partial charge on any atom is -0.389 e. The summed E-state index contributed by atoms with van der Waals surface area (Å²) in [6, 6.07) is 0. The van der Waals surface area contributed by atoms with Crippen molar-refractivity contribution in [3.63, 3.8) is 0 Å². The van der Waals surface area contributed by atoms with E-state index in [4.69, 9.17) is 0 Å². The Labute approximate surface area is 102 Å². The van der Waals surface area contributed by atoms with Gasteiger partial charge in [0, 0.05) is 18.4 Å². The standard InChI is InChI=1S/C12H24BrNO/c1-4-14(9-11(2,3)15)10-12(8-13)6-5-7-12/h15H,4-10H2,1-3H3. The van der Waals surface area contributed by atoms with E-state index in [0.717, 1.165) is 25.0 Å². The third-order valence-corrected chi connectivity index (χ3v) is 4.50. The molecule has 1 N–H and O–H groups in total. The average Bonchev–Trinajstić information content (AvgIpc) is 2.07. The second kappa shape index (κ2) is 5.15. The fourth-order valence-corrected chi connectivity index (χ4v) is 3.05. The van der Waals surface area contributed by atoms with Gasteiger partial charge in [0.05, 0.1) is 5.60 Å². The van der Waals surface area contributed by atoms with E-state index in [1.807, 2.05) is 13.8 Å². The molecule has 0 amide bonds. The molecule has 0 heterocycles. The van der Waals surface area contributed by atoms with E-state index in [1.165, 1.54) is 19.3 Å². The van der Waals surface area contributed by atoms with E-state index in [1.54, 1.807) is 0 Å². The lowest BCUT2D eigenvalue weighted by Crippen LogP contribution is -2.47. The summed E-state index contributed by atoms with van der Waals surface area (Å²) in [6.07, 6.45) is 4.03. The maximum Gasteiger partial charge on any atom is 0.0718 e. The van der Waals surface area contributed by atoms with E-state index < -0.39 is 5.60 Å². The van der Waals surface area contributed by atoms with Crippen LogP contribution in [0, 0.1) is 5.41 Å². The monoisotopic (exact) mass is 277 g/mol. The number of nitrogens with zero attached hydrogens (tertiary/aromatic N) is 1. The number of likely N-dealkylation sites (N-methyl/N-ethyl adjacent to an activating group) is 1. The molecule has 0 unspecified atom stereocenters. The van der Waals surface area contributed by atoms with Gasteiger partial charge in [-0.3, -0.25) is 0 Å². The highest BCUT2D eigenvalue weighted by atomic mass is 79.9. The Hall–Kier alpha value is 0.400. The summed E-state index contributed by atoms with van der Waals surface area (Å²) in [6.45, 7) is 8.87. The van der Waals surface area contributed by atoms with Gasteiger partial charge in [0.2, 0.25) is 0 Å². The number of hydrogen-bond acceptors (Lipinski definition) is 2. The summed E-state index contributed by atoms with van der Waals surface area (Å²) in [4.78, 5) is 2.38. The van der Waals surface area contributed by atoms with Crippen LogP contribution >= 0.6 is 15.9 Å². The number of hydrogen-bond donors (Lipinski definition) is 1. The van der Waals surface area contributed by atoms with Gasteiger partial charge in [-0.15, -0.1) is 0 Å². The third kappa shape index (κ3) is 4.04. The largest absolute Gasteiger partial charge is 0.389 e. The van der Waals surface area contributed by atoms with E-state index in [9.17, 15) is 5.11 Å². The molecule has 1 rings (SSSR count). The average molecular weight is 278 g/mol. The number of halogens is 1. The van der Waals surface area contributed by atoms with Crippen LogP contribution in [0.4, 0.5) is 0 Å². The molecule has 1 aliphatic carbocycles. The zero-order valence-electron chi connectivity index (χ0n) is 10.2. The molecule has 0 aliphatic heterocycles. The second-order valence-electron chi connectivity index (χ2n) is 5.60. The summed E-state index contributed by atoms with van der Waals surface area (Å²) in [7, 11) is 0. The molecule has 1 saturated carbocycles. The zero-order chi connectivity index (χ0) is 11.5. The van der Waals surface area contributed by atoms with Gasteiger partial charge in [-0.25, -0.2) is 0 Å². The first-order valence-corrected chi connectivity index (χ1v) is 7.04. The number of aliphatic hydroxyl groups is 1. The maximum absolute atomic E-state index is 9.83. The third-order valence-electron chi connectivity index (χ3n) is 3.31. The van der Waals surface area contributed by atoms with Crippen LogP contribution in [0.15, 0.2) is 0 Å². The smallest absolute Gasteiger partial charge is 0.0718 e. The van der Waals surface area contributed by atoms with Crippen molar-refractivity contribution in [3.8, 4) is 0 Å². The highest BCUT2D eigenvalue weighted by molar-refractivity contribution is 9.09. The number of rotatable bonds is 6. The molecule has 1 aliphatic rings. The highest BCUT2D eigenvalue weighted by Gasteiger charge is 2.37. The van der Waals surface area contributed by atoms with Crippen molar-refractivity contribution in [2.75, 3.05) is 25.0 Å². The highest BCUT2D eigenvalue weighted by Crippen LogP contribution is 2.43. The van der Waals surface area contributed by atoms with Crippen molar-refractivity contribution in [1.29, 1.82) is 0 Å². The summed E-state index contributed by atoms with van der Waals surface area (Å²) in [5.74, 6) is 0. The minimum atomic E-state index is -0.576. The van der Waals surface area contributed by atoms with Gasteiger partial charge in [0.1, 0.15) is 0 Å². The van der Waals surface area contributed by atoms with Crippen LogP contribution in [-0.2, 0) is 0 Å². The summed E-state index contributed by atoms with van der Waals surface area (Å²) in [5, 5.41) is 10.9. The van der Waals surface area contributed by atoms with Gasteiger partial charge in [-0.2, -0.15) is 0 Å². The van der Waals surface area contributed by atoms with Gasteiger partial charge in [0.15, 0.2) is 0 Å². The van der Waals surface area contributed by atoms with Crippen molar-refractivity contribution in [2.45, 2.75) is 45.6 Å². The predicted molar refractivity (Wildman–Crippen MR) is 68.5 cm³/mol. The summed E-state index contributed by atoms with van der Waals surface area (Å²) >= 11 is 3.63. The van der Waals surface area contributed by atoms with E-state index in [2.05, 4.69) is 27.8 Å². The van der Waals surface area contributed by atoms with Gasteiger partial charge in [-0.1, -0.05) is 29.3 Å². The van der Waals surface area contributed by atoms with E-state index in [-0.39, 0.29) is 0 Å². The van der Waals surface area contributed by atoms with Gasteiger partial charge in [-0.05, 0) is 38.6 Å². The van der Waals surface area contributed by atoms with Crippen LogP contribution < -0.4 is 0 Å². The molecule has 1 fully saturated rings. The Balaban J connectivity index is 2.45. The maximum atomic E-state index is 9.83. The molecular weight excluding hydrogens is 254 g/mol. The van der Waals surface area contributed by atoms with Crippen LogP contribution in [-0.4, -0.2) is 40.6 Å². The first-order chi connectivity index (χ1) is 6.91. The van der Waals surface area contributed by atoms with Crippen LogP contribution in [0.5, 0.6) is 0 Å². The van der Waals surface area contributed by atoms with E-state index >= 15 is 0 Å². The lowest BCUT2D eigenvalue weighted by molar-refractivity contribution is 0.0109. The molecule has 3 heteroatoms. The first-order valence-electron chi connectivity index (χ1n) is 5.91. The molecule has 0 radical (unpaired) electrons. The van der Waals surface area contributed by atoms with Crippen LogP contribution in [0.1, 0.15) is 40.0 Å². The molecular formula is C12H24BrNO. The minimum absolute atomic E-state index is 0.487. The normalized spacial score (nSPS) is 20.4. The molecule has 0 saturated heterocycles.